The van der Waals surface area contributed by atoms with Gasteiger partial charge < -0.3 is 10.5 Å². The fourth-order valence-corrected chi connectivity index (χ4v) is 5.61. The molecule has 2 N–H and O–H groups in total. The van der Waals surface area contributed by atoms with Crippen molar-refractivity contribution in [1.82, 2.24) is 5.06 Å². The molecule has 0 saturated heterocycles. The molecule has 0 radical (unpaired) electrons. The highest BCUT2D eigenvalue weighted by molar-refractivity contribution is 5.79. The van der Waals surface area contributed by atoms with E-state index >= 15 is 0 Å². The molecular formula is C24H28FN3O2. The molecule has 2 aromatic carbocycles. The number of halogens is 1. The van der Waals surface area contributed by atoms with Gasteiger partial charge >= 0.3 is 0 Å². The molecule has 1 aliphatic heterocycles. The predicted molar refractivity (Wildman–Crippen MR) is 114 cm³/mol. The summed E-state index contributed by atoms with van der Waals surface area (Å²) in [6.07, 6.45) is 5.04. The van der Waals surface area contributed by atoms with E-state index in [0.29, 0.717) is 5.96 Å². The van der Waals surface area contributed by atoms with Gasteiger partial charge in [0.15, 0.2) is 0 Å². The second kappa shape index (κ2) is 6.79. The zero-order chi connectivity index (χ0) is 21.1. The van der Waals surface area contributed by atoms with Crippen LogP contribution in [0.4, 0.5) is 4.39 Å². The van der Waals surface area contributed by atoms with Crippen LogP contribution in [0.2, 0.25) is 0 Å². The highest BCUT2D eigenvalue weighted by Gasteiger charge is 2.63. The number of hydrogen-bond acceptors (Lipinski definition) is 5. The average molecular weight is 410 g/mol. The molecule has 1 heterocycles. The standard InChI is InChI=1S/C24H28FN3O2/c1-15-4-7-18(25)13-20(15)16-5-6-17-14-23(10-8-19(29-3)9-11-23)24(21(17)12-16)27-22(26)28(2)30-24/h4-7,12-13,19H,8-11,14H2,1-3H3,(H2,26,27). The number of methoxy groups -OCH3 is 1. The Labute approximate surface area is 176 Å². The van der Waals surface area contributed by atoms with Gasteiger partial charge in [0.05, 0.1) is 6.10 Å². The van der Waals surface area contributed by atoms with Gasteiger partial charge in [-0.2, -0.15) is 0 Å². The van der Waals surface area contributed by atoms with Crippen LogP contribution >= 0.6 is 0 Å². The van der Waals surface area contributed by atoms with Crippen molar-refractivity contribution in [2.24, 2.45) is 16.1 Å². The molecule has 2 spiro atoms. The number of hydrogen-bond donors (Lipinski definition) is 1. The molecule has 1 unspecified atom stereocenters. The molecule has 158 valence electrons. The minimum atomic E-state index is -0.836. The number of rotatable bonds is 2. The zero-order valence-electron chi connectivity index (χ0n) is 17.7. The van der Waals surface area contributed by atoms with Crippen molar-refractivity contribution in [3.63, 3.8) is 0 Å². The molecular weight excluding hydrogens is 381 g/mol. The van der Waals surface area contributed by atoms with Crippen LogP contribution in [0, 0.1) is 18.2 Å². The number of nitrogens with zero attached hydrogens (tertiary/aromatic N) is 2. The topological polar surface area (TPSA) is 60.1 Å². The molecule has 5 nitrogen and oxygen atoms in total. The maximum absolute atomic E-state index is 14.0. The van der Waals surface area contributed by atoms with E-state index in [1.54, 1.807) is 25.3 Å². The Kier molecular flexibility index (Phi) is 4.42. The molecule has 30 heavy (non-hydrogen) atoms. The smallest absolute Gasteiger partial charge is 0.220 e. The molecule has 2 aliphatic carbocycles. The Morgan fingerprint density at radius 1 is 1.20 bits per heavy atom. The van der Waals surface area contributed by atoms with Crippen molar-refractivity contribution in [2.45, 2.75) is 50.9 Å². The third-order valence-corrected chi connectivity index (χ3v) is 7.32. The SMILES string of the molecule is COC1CCC2(CC1)Cc1ccc(-c3cc(F)ccc3C)cc1C21N=C(N)N(C)O1. The molecule has 1 fully saturated rings. The second-order valence-corrected chi connectivity index (χ2v) is 8.93. The minimum absolute atomic E-state index is 0.157. The van der Waals surface area contributed by atoms with Gasteiger partial charge in [0, 0.05) is 25.1 Å². The molecule has 0 aromatic heterocycles. The molecule has 3 aliphatic rings. The predicted octanol–water partition coefficient (Wildman–Crippen LogP) is 4.28. The summed E-state index contributed by atoms with van der Waals surface area (Å²) in [4.78, 5) is 11.4. The summed E-state index contributed by atoms with van der Waals surface area (Å²) < 4.78 is 19.6. The van der Waals surface area contributed by atoms with E-state index in [1.807, 2.05) is 13.0 Å². The van der Waals surface area contributed by atoms with E-state index in [4.69, 9.17) is 20.3 Å². The lowest BCUT2D eigenvalue weighted by molar-refractivity contribution is -0.232. The van der Waals surface area contributed by atoms with Gasteiger partial charge in [0.25, 0.3) is 0 Å². The lowest BCUT2D eigenvalue weighted by Gasteiger charge is -2.45. The van der Waals surface area contributed by atoms with Gasteiger partial charge in [0.2, 0.25) is 11.7 Å². The number of hydroxylamine groups is 2. The van der Waals surface area contributed by atoms with Crippen LogP contribution in [0.1, 0.15) is 42.4 Å². The second-order valence-electron chi connectivity index (χ2n) is 8.93. The lowest BCUT2D eigenvalue weighted by atomic mass is 9.66. The quantitative estimate of drug-likeness (QED) is 0.804. The van der Waals surface area contributed by atoms with Crippen LogP contribution in [-0.2, 0) is 21.7 Å². The van der Waals surface area contributed by atoms with Crippen molar-refractivity contribution in [2.75, 3.05) is 14.2 Å². The van der Waals surface area contributed by atoms with E-state index in [1.165, 1.54) is 11.6 Å². The Hall–Kier alpha value is -2.44. The lowest BCUT2D eigenvalue weighted by Crippen LogP contribution is -2.46. The van der Waals surface area contributed by atoms with Crippen molar-refractivity contribution >= 4 is 5.96 Å². The Morgan fingerprint density at radius 2 is 1.97 bits per heavy atom. The van der Waals surface area contributed by atoms with Crippen LogP contribution in [0.15, 0.2) is 41.4 Å². The van der Waals surface area contributed by atoms with Crippen LogP contribution in [0.5, 0.6) is 0 Å². The molecule has 5 rings (SSSR count). The van der Waals surface area contributed by atoms with Crippen LogP contribution < -0.4 is 5.73 Å². The van der Waals surface area contributed by atoms with E-state index in [-0.39, 0.29) is 17.3 Å². The van der Waals surface area contributed by atoms with Gasteiger partial charge in [-0.1, -0.05) is 18.2 Å². The van der Waals surface area contributed by atoms with Crippen molar-refractivity contribution in [3.8, 4) is 11.1 Å². The van der Waals surface area contributed by atoms with Crippen LogP contribution in [-0.4, -0.2) is 31.3 Å². The van der Waals surface area contributed by atoms with Gasteiger partial charge in [0.1, 0.15) is 5.82 Å². The number of benzene rings is 2. The summed E-state index contributed by atoms with van der Waals surface area (Å²) in [5, 5.41) is 1.58. The maximum atomic E-state index is 14.0. The van der Waals surface area contributed by atoms with Crippen molar-refractivity contribution < 1.29 is 14.0 Å². The van der Waals surface area contributed by atoms with Crippen LogP contribution in [0.25, 0.3) is 11.1 Å². The first-order chi connectivity index (χ1) is 14.4. The fourth-order valence-electron chi connectivity index (χ4n) is 5.61. The Bertz CT molecular complexity index is 1030. The number of fused-ring (bicyclic) bond motifs is 3. The first kappa shape index (κ1) is 19.5. The van der Waals surface area contributed by atoms with E-state index in [0.717, 1.165) is 54.4 Å². The van der Waals surface area contributed by atoms with Crippen molar-refractivity contribution in [1.29, 1.82) is 0 Å². The number of aryl methyl sites for hydroxylation is 1. The van der Waals surface area contributed by atoms with Gasteiger partial charge in [-0.25, -0.2) is 19.3 Å². The maximum Gasteiger partial charge on any atom is 0.220 e. The molecule has 2 aromatic rings. The molecule has 1 saturated carbocycles. The highest BCUT2D eigenvalue weighted by Crippen LogP contribution is 2.62. The van der Waals surface area contributed by atoms with E-state index in [9.17, 15) is 4.39 Å². The third kappa shape index (κ3) is 2.70. The first-order valence-electron chi connectivity index (χ1n) is 10.6. The Balaban J connectivity index is 1.64. The molecule has 0 bridgehead atoms. The summed E-state index contributed by atoms with van der Waals surface area (Å²) in [6.45, 7) is 2.00. The summed E-state index contributed by atoms with van der Waals surface area (Å²) in [7, 11) is 3.59. The monoisotopic (exact) mass is 409 g/mol. The summed E-state index contributed by atoms with van der Waals surface area (Å²) in [5.74, 6) is 0.155. The fraction of sp³-hybridized carbons (Fsp3) is 0.458. The molecule has 0 amide bonds. The minimum Gasteiger partial charge on any atom is -0.381 e. The number of ether oxygens (including phenoxy) is 1. The van der Waals surface area contributed by atoms with E-state index < -0.39 is 5.72 Å². The highest BCUT2D eigenvalue weighted by atomic mass is 19.1. The molecule has 1 atom stereocenters. The van der Waals surface area contributed by atoms with Crippen LogP contribution in [0.3, 0.4) is 0 Å². The molecule has 6 heteroatoms. The van der Waals surface area contributed by atoms with Crippen molar-refractivity contribution in [3.05, 3.63) is 58.9 Å². The summed E-state index contributed by atoms with van der Waals surface area (Å²) in [6, 6.07) is 11.3. The normalized spacial score (nSPS) is 30.2. The van der Waals surface area contributed by atoms with E-state index in [2.05, 4.69) is 18.2 Å². The number of nitrogens with two attached hydrogens (primary N) is 1. The number of guanidine groups is 1. The average Bonchev–Trinajstić information content (AvgIpc) is 3.18. The summed E-state index contributed by atoms with van der Waals surface area (Å²) in [5.41, 5.74) is 10.4. The first-order valence-corrected chi connectivity index (χ1v) is 10.6. The Morgan fingerprint density at radius 3 is 2.63 bits per heavy atom. The zero-order valence-corrected chi connectivity index (χ0v) is 17.7. The number of aliphatic imine (C=N–C) groups is 1. The third-order valence-electron chi connectivity index (χ3n) is 7.32. The van der Waals surface area contributed by atoms with Gasteiger partial charge in [-0.05, 0) is 79.5 Å². The van der Waals surface area contributed by atoms with Gasteiger partial charge in [-0.3, -0.25) is 0 Å². The summed E-state index contributed by atoms with van der Waals surface area (Å²) >= 11 is 0. The largest absolute Gasteiger partial charge is 0.381 e. The van der Waals surface area contributed by atoms with Gasteiger partial charge in [-0.15, -0.1) is 0 Å².